The molecule has 1 aromatic carbocycles. The number of hydrogen-bond donors (Lipinski definition) is 2. The maximum atomic E-state index is 11.9. The second-order valence-electron chi connectivity index (χ2n) is 3.16. The average Bonchev–Trinajstić information content (AvgIpc) is 2.81. The van der Waals surface area contributed by atoms with Crippen LogP contribution in [0.5, 0.6) is 0 Å². The Morgan fingerprint density at radius 1 is 1.33 bits per heavy atom. The fourth-order valence-corrected chi connectivity index (χ4v) is 2.87. The number of rotatable bonds is 4. The lowest BCUT2D eigenvalue weighted by atomic mass is 10.2. The zero-order chi connectivity index (χ0) is 13.2. The summed E-state index contributed by atoms with van der Waals surface area (Å²) in [6.45, 7) is 0. The van der Waals surface area contributed by atoms with Crippen molar-refractivity contribution >= 4 is 43.9 Å². The Bertz CT molecular complexity index is 651. The number of nitrogens with two attached hydrogens (primary N) is 1. The molecule has 7 nitrogen and oxygen atoms in total. The first-order valence-corrected chi connectivity index (χ1v) is 7.23. The number of nitrogens with one attached hydrogen (secondary N) is 1. The first kappa shape index (κ1) is 12.8. The van der Waals surface area contributed by atoms with Crippen LogP contribution in [0.4, 0.5) is 5.13 Å². The number of nitrogens with zero attached hydrogens (tertiary/aromatic N) is 3. The monoisotopic (exact) mass is 301 g/mol. The van der Waals surface area contributed by atoms with Gasteiger partial charge in [0.25, 0.3) is 10.0 Å². The van der Waals surface area contributed by atoms with Crippen LogP contribution in [0.3, 0.4) is 0 Å². The molecule has 0 spiro atoms. The van der Waals surface area contributed by atoms with Crippen LogP contribution in [-0.2, 0) is 10.0 Å². The van der Waals surface area contributed by atoms with E-state index in [0.717, 1.165) is 11.5 Å². The highest BCUT2D eigenvalue weighted by atomic mass is 32.2. The van der Waals surface area contributed by atoms with E-state index in [-0.39, 0.29) is 15.0 Å². The van der Waals surface area contributed by atoms with Gasteiger partial charge in [-0.1, -0.05) is 33.9 Å². The summed E-state index contributed by atoms with van der Waals surface area (Å²) >= 11 is 5.63. The van der Waals surface area contributed by atoms with Crippen molar-refractivity contribution in [3.63, 3.8) is 0 Å². The van der Waals surface area contributed by atoms with E-state index in [4.69, 9.17) is 18.0 Å². The molecular weight excluding hydrogens is 294 g/mol. The molecule has 0 radical (unpaired) electrons. The van der Waals surface area contributed by atoms with Crippen LogP contribution in [0, 0.1) is 0 Å². The van der Waals surface area contributed by atoms with E-state index in [1.54, 1.807) is 0 Å². The highest BCUT2D eigenvalue weighted by Gasteiger charge is 2.16. The Morgan fingerprint density at radius 3 is 2.50 bits per heavy atom. The van der Waals surface area contributed by atoms with Crippen molar-refractivity contribution < 1.29 is 8.42 Å². The van der Waals surface area contributed by atoms with Crippen molar-refractivity contribution in [3.8, 4) is 0 Å². The van der Waals surface area contributed by atoms with Crippen molar-refractivity contribution in [1.82, 2.24) is 14.8 Å². The maximum absolute atomic E-state index is 11.9. The molecule has 0 unspecified atom stereocenters. The maximum Gasteiger partial charge on any atom is 0.263 e. The van der Waals surface area contributed by atoms with E-state index in [9.17, 15) is 8.42 Å². The molecule has 0 aliphatic rings. The summed E-state index contributed by atoms with van der Waals surface area (Å²) in [5, 5.41) is 6.90. The van der Waals surface area contributed by atoms with Gasteiger partial charge in [0.05, 0.1) is 4.90 Å². The van der Waals surface area contributed by atoms with Crippen LogP contribution in [0.15, 0.2) is 29.2 Å². The minimum absolute atomic E-state index is 0.0812. The van der Waals surface area contributed by atoms with Gasteiger partial charge in [0.2, 0.25) is 5.13 Å². The predicted octanol–water partition coefficient (Wildman–Crippen LogP) is 0.368. The van der Waals surface area contributed by atoms with Gasteiger partial charge in [-0.05, 0) is 17.3 Å². The summed E-state index contributed by atoms with van der Waals surface area (Å²) in [7, 11) is -3.69. The first-order chi connectivity index (χ1) is 8.49. The lowest BCUT2D eigenvalue weighted by molar-refractivity contribution is 0.601. The highest BCUT2D eigenvalue weighted by molar-refractivity contribution is 7.93. The van der Waals surface area contributed by atoms with Gasteiger partial charge in [-0.3, -0.25) is 4.72 Å². The van der Waals surface area contributed by atoms with Gasteiger partial charge in [0.15, 0.2) is 0 Å². The summed E-state index contributed by atoms with van der Waals surface area (Å²) in [5.41, 5.74) is 6.02. The van der Waals surface area contributed by atoms with Gasteiger partial charge in [-0.25, -0.2) is 8.42 Å². The van der Waals surface area contributed by atoms with Crippen LogP contribution >= 0.6 is 23.8 Å². The fraction of sp³-hybridized carbons (Fsp3) is 0. The van der Waals surface area contributed by atoms with Gasteiger partial charge in [-0.15, -0.1) is 0 Å². The van der Waals surface area contributed by atoms with Crippen LogP contribution in [-0.4, -0.2) is 28.2 Å². The fourth-order valence-electron chi connectivity index (χ4n) is 1.15. The molecule has 1 aromatic heterocycles. The minimum Gasteiger partial charge on any atom is -0.389 e. The van der Waals surface area contributed by atoms with Crippen molar-refractivity contribution in [2.75, 3.05) is 4.72 Å². The molecule has 0 bridgehead atoms. The van der Waals surface area contributed by atoms with E-state index >= 15 is 0 Å². The van der Waals surface area contributed by atoms with Gasteiger partial charge >= 0.3 is 0 Å². The lowest BCUT2D eigenvalue weighted by Gasteiger charge is -2.05. The Morgan fingerprint density at radius 2 is 2.00 bits per heavy atom. The number of anilines is 1. The summed E-state index contributed by atoms with van der Waals surface area (Å²) in [6.07, 6.45) is 0. The van der Waals surface area contributed by atoms with Gasteiger partial charge in [0.1, 0.15) is 4.99 Å². The molecule has 0 aliphatic heterocycles. The zero-order valence-electron chi connectivity index (χ0n) is 8.77. The Balaban J connectivity index is 2.27. The molecule has 3 N–H and O–H groups in total. The molecule has 0 saturated heterocycles. The highest BCUT2D eigenvalue weighted by Crippen LogP contribution is 2.16. The van der Waals surface area contributed by atoms with E-state index in [1.165, 1.54) is 24.3 Å². The van der Waals surface area contributed by atoms with Crippen LogP contribution in [0.1, 0.15) is 5.56 Å². The smallest absolute Gasteiger partial charge is 0.263 e. The van der Waals surface area contributed by atoms with Gasteiger partial charge in [-0.2, -0.15) is 0 Å². The SMILES string of the molecule is NC(=S)c1ccc(S(=O)(=O)Nc2nnns2)cc1. The second kappa shape index (κ2) is 4.92. The summed E-state index contributed by atoms with van der Waals surface area (Å²) < 4.78 is 29.5. The Hall–Kier alpha value is -1.65. The molecule has 0 saturated carbocycles. The molecule has 10 heteroatoms. The molecule has 0 aliphatic carbocycles. The molecular formula is C8H7N5O2S3. The molecule has 2 rings (SSSR count). The van der Waals surface area contributed by atoms with Gasteiger partial charge in [0, 0.05) is 17.1 Å². The average molecular weight is 301 g/mol. The molecule has 0 fully saturated rings. The minimum atomic E-state index is -3.69. The first-order valence-electron chi connectivity index (χ1n) is 4.57. The predicted molar refractivity (Wildman–Crippen MR) is 70.8 cm³/mol. The number of aromatic nitrogens is 3. The third-order valence-electron chi connectivity index (χ3n) is 1.97. The number of benzene rings is 1. The van der Waals surface area contributed by atoms with Crippen LogP contribution in [0.2, 0.25) is 0 Å². The third-order valence-corrected chi connectivity index (χ3v) is 4.20. The van der Waals surface area contributed by atoms with E-state index in [2.05, 4.69) is 19.5 Å². The standard InChI is InChI=1S/C8H7N5O2S3/c9-7(16)5-1-3-6(4-2-5)18(14,15)11-8-10-12-13-17-8/h1-4H,(H2,9,16)(H,10,11,13). The Labute approximate surface area is 112 Å². The molecule has 0 atom stereocenters. The lowest BCUT2D eigenvalue weighted by Crippen LogP contribution is -2.14. The summed E-state index contributed by atoms with van der Waals surface area (Å²) in [5.74, 6) is 0. The quantitative estimate of drug-likeness (QED) is 0.785. The number of hydrogen-bond acceptors (Lipinski definition) is 7. The zero-order valence-corrected chi connectivity index (χ0v) is 11.2. The third kappa shape index (κ3) is 2.78. The number of thiocarbonyl (C=S) groups is 1. The van der Waals surface area contributed by atoms with Crippen LogP contribution < -0.4 is 10.5 Å². The van der Waals surface area contributed by atoms with Crippen molar-refractivity contribution in [3.05, 3.63) is 29.8 Å². The number of sulfonamides is 1. The largest absolute Gasteiger partial charge is 0.389 e. The van der Waals surface area contributed by atoms with Crippen molar-refractivity contribution in [2.24, 2.45) is 5.73 Å². The van der Waals surface area contributed by atoms with Crippen molar-refractivity contribution in [2.45, 2.75) is 4.90 Å². The normalized spacial score (nSPS) is 11.1. The second-order valence-corrected chi connectivity index (χ2v) is 6.02. The molecule has 2 aromatic rings. The molecule has 0 amide bonds. The molecule has 1 heterocycles. The van der Waals surface area contributed by atoms with E-state index in [0.29, 0.717) is 5.56 Å². The van der Waals surface area contributed by atoms with Crippen molar-refractivity contribution in [1.29, 1.82) is 0 Å². The van der Waals surface area contributed by atoms with E-state index < -0.39 is 10.0 Å². The summed E-state index contributed by atoms with van der Waals surface area (Å²) in [6, 6.07) is 5.89. The summed E-state index contributed by atoms with van der Waals surface area (Å²) in [4.78, 5) is 0.290. The van der Waals surface area contributed by atoms with E-state index in [1.807, 2.05) is 0 Å². The molecule has 94 valence electrons. The van der Waals surface area contributed by atoms with Gasteiger partial charge < -0.3 is 5.73 Å². The Kier molecular flexibility index (Phi) is 3.50. The topological polar surface area (TPSA) is 111 Å². The van der Waals surface area contributed by atoms with Crippen LogP contribution in [0.25, 0.3) is 0 Å². The molecule has 18 heavy (non-hydrogen) atoms.